The molecule has 0 aromatic heterocycles. The van der Waals surface area contributed by atoms with Gasteiger partial charge in [0.2, 0.25) is 5.91 Å². The summed E-state index contributed by atoms with van der Waals surface area (Å²) in [6, 6.07) is 12.1. The Morgan fingerprint density at radius 1 is 1.17 bits per heavy atom. The van der Waals surface area contributed by atoms with Gasteiger partial charge < -0.3 is 15.4 Å². The highest BCUT2D eigenvalue weighted by atomic mass is 35.5. The van der Waals surface area contributed by atoms with Gasteiger partial charge in [-0.2, -0.15) is 0 Å². The molecule has 0 heterocycles. The lowest BCUT2D eigenvalue weighted by Gasteiger charge is -2.10. The number of benzene rings is 2. The standard InChI is InChI=1S/C18H19ClN2O3/c1-12-6-7-14(19)11-16(12)21-17(22)8-9-20-18(23)13-4-3-5-15(10-13)24-2/h3-7,10-11H,8-9H2,1-2H3,(H,20,23)(H,21,22). The van der Waals surface area contributed by atoms with Gasteiger partial charge in [-0.3, -0.25) is 9.59 Å². The Bertz CT molecular complexity index is 747. The average molecular weight is 347 g/mol. The Hall–Kier alpha value is -2.53. The highest BCUT2D eigenvalue weighted by Gasteiger charge is 2.09. The van der Waals surface area contributed by atoms with Crippen molar-refractivity contribution in [2.45, 2.75) is 13.3 Å². The molecule has 0 radical (unpaired) electrons. The van der Waals surface area contributed by atoms with E-state index in [4.69, 9.17) is 16.3 Å². The molecule has 0 saturated heterocycles. The molecule has 0 bridgehead atoms. The summed E-state index contributed by atoms with van der Waals surface area (Å²) >= 11 is 5.92. The molecule has 2 rings (SSSR count). The van der Waals surface area contributed by atoms with Gasteiger partial charge in [0.1, 0.15) is 5.75 Å². The second-order valence-electron chi connectivity index (χ2n) is 5.25. The SMILES string of the molecule is COc1cccc(C(=O)NCCC(=O)Nc2cc(Cl)ccc2C)c1. The quantitative estimate of drug-likeness (QED) is 0.842. The van der Waals surface area contributed by atoms with Gasteiger partial charge in [-0.05, 0) is 42.8 Å². The molecule has 2 N–H and O–H groups in total. The number of hydrogen-bond donors (Lipinski definition) is 2. The van der Waals surface area contributed by atoms with Crippen molar-refractivity contribution in [3.05, 3.63) is 58.6 Å². The molecule has 2 amide bonds. The van der Waals surface area contributed by atoms with Crippen LogP contribution in [-0.2, 0) is 4.79 Å². The molecule has 0 atom stereocenters. The molecule has 126 valence electrons. The topological polar surface area (TPSA) is 67.4 Å². The van der Waals surface area contributed by atoms with E-state index in [0.717, 1.165) is 5.56 Å². The van der Waals surface area contributed by atoms with E-state index in [1.165, 1.54) is 0 Å². The number of anilines is 1. The minimum absolute atomic E-state index is 0.168. The van der Waals surface area contributed by atoms with Gasteiger partial charge in [-0.1, -0.05) is 23.7 Å². The number of nitrogens with one attached hydrogen (secondary N) is 2. The van der Waals surface area contributed by atoms with Gasteiger partial charge >= 0.3 is 0 Å². The van der Waals surface area contributed by atoms with Gasteiger partial charge in [0.05, 0.1) is 7.11 Å². The fourth-order valence-electron chi connectivity index (χ4n) is 2.10. The van der Waals surface area contributed by atoms with Crippen molar-refractivity contribution >= 4 is 29.1 Å². The molecule has 5 nitrogen and oxygen atoms in total. The number of halogens is 1. The van der Waals surface area contributed by atoms with Crippen molar-refractivity contribution < 1.29 is 14.3 Å². The molecule has 0 aliphatic heterocycles. The van der Waals surface area contributed by atoms with Gasteiger partial charge in [-0.25, -0.2) is 0 Å². The summed E-state index contributed by atoms with van der Waals surface area (Å²) in [5.41, 5.74) is 2.08. The van der Waals surface area contributed by atoms with E-state index in [9.17, 15) is 9.59 Å². The smallest absolute Gasteiger partial charge is 0.251 e. The molecule has 0 aliphatic rings. The molecule has 6 heteroatoms. The molecule has 0 fully saturated rings. The first-order valence-electron chi connectivity index (χ1n) is 7.48. The Kier molecular flexibility index (Phi) is 6.21. The minimum Gasteiger partial charge on any atom is -0.497 e. The van der Waals surface area contributed by atoms with Gasteiger partial charge in [0.15, 0.2) is 0 Å². The van der Waals surface area contributed by atoms with Crippen LogP contribution in [0.2, 0.25) is 5.02 Å². The monoisotopic (exact) mass is 346 g/mol. The lowest BCUT2D eigenvalue weighted by atomic mass is 10.2. The summed E-state index contributed by atoms with van der Waals surface area (Å²) in [7, 11) is 1.54. The molecule has 24 heavy (non-hydrogen) atoms. The van der Waals surface area contributed by atoms with E-state index in [1.54, 1.807) is 43.5 Å². The number of ether oxygens (including phenoxy) is 1. The van der Waals surface area contributed by atoms with Crippen LogP contribution < -0.4 is 15.4 Å². The van der Waals surface area contributed by atoms with E-state index in [1.807, 2.05) is 13.0 Å². The van der Waals surface area contributed by atoms with Crippen LogP contribution in [-0.4, -0.2) is 25.5 Å². The van der Waals surface area contributed by atoms with Crippen LogP contribution in [0.25, 0.3) is 0 Å². The number of hydrogen-bond acceptors (Lipinski definition) is 3. The molecule has 0 saturated carbocycles. The first-order valence-corrected chi connectivity index (χ1v) is 7.85. The average Bonchev–Trinajstić information content (AvgIpc) is 2.58. The minimum atomic E-state index is -0.249. The Morgan fingerprint density at radius 3 is 2.71 bits per heavy atom. The summed E-state index contributed by atoms with van der Waals surface area (Å²) < 4.78 is 5.08. The zero-order valence-electron chi connectivity index (χ0n) is 13.6. The summed E-state index contributed by atoms with van der Waals surface area (Å²) in [6.07, 6.45) is 0.168. The van der Waals surface area contributed by atoms with Crippen molar-refractivity contribution in [1.82, 2.24) is 5.32 Å². The molecular formula is C18H19ClN2O3. The third kappa shape index (κ3) is 4.99. The van der Waals surface area contributed by atoms with E-state index in [0.29, 0.717) is 22.0 Å². The third-order valence-electron chi connectivity index (χ3n) is 3.44. The van der Waals surface area contributed by atoms with Gasteiger partial charge in [0.25, 0.3) is 5.91 Å². The van der Waals surface area contributed by atoms with Crippen LogP contribution in [0.3, 0.4) is 0 Å². The highest BCUT2D eigenvalue weighted by Crippen LogP contribution is 2.20. The normalized spacial score (nSPS) is 10.1. The fourth-order valence-corrected chi connectivity index (χ4v) is 2.27. The molecule has 0 aliphatic carbocycles. The molecule has 2 aromatic carbocycles. The number of methoxy groups -OCH3 is 1. The Morgan fingerprint density at radius 2 is 1.96 bits per heavy atom. The summed E-state index contributed by atoms with van der Waals surface area (Å²) in [4.78, 5) is 24.0. The first-order chi connectivity index (χ1) is 11.5. The van der Waals surface area contributed by atoms with Crippen molar-refractivity contribution in [2.75, 3.05) is 19.0 Å². The third-order valence-corrected chi connectivity index (χ3v) is 3.68. The van der Waals surface area contributed by atoms with E-state index in [-0.39, 0.29) is 24.8 Å². The highest BCUT2D eigenvalue weighted by molar-refractivity contribution is 6.31. The maximum Gasteiger partial charge on any atom is 0.251 e. The predicted octanol–water partition coefficient (Wildman–Crippen LogP) is 3.42. The van der Waals surface area contributed by atoms with Crippen LogP contribution in [0, 0.1) is 6.92 Å². The summed E-state index contributed by atoms with van der Waals surface area (Å²) in [5, 5.41) is 6.06. The number of carbonyl (C=O) groups is 2. The summed E-state index contributed by atoms with van der Waals surface area (Å²) in [5.74, 6) is 0.170. The van der Waals surface area contributed by atoms with E-state index >= 15 is 0 Å². The van der Waals surface area contributed by atoms with Gasteiger partial charge in [0, 0.05) is 29.2 Å². The Labute approximate surface area is 146 Å². The second-order valence-corrected chi connectivity index (χ2v) is 5.68. The maximum atomic E-state index is 12.0. The van der Waals surface area contributed by atoms with Crippen molar-refractivity contribution in [1.29, 1.82) is 0 Å². The van der Waals surface area contributed by atoms with Crippen molar-refractivity contribution in [3.8, 4) is 5.75 Å². The van der Waals surface area contributed by atoms with E-state index < -0.39 is 0 Å². The largest absolute Gasteiger partial charge is 0.497 e. The maximum absolute atomic E-state index is 12.0. The molecule has 0 spiro atoms. The lowest BCUT2D eigenvalue weighted by Crippen LogP contribution is -2.27. The van der Waals surface area contributed by atoms with Crippen LogP contribution in [0.1, 0.15) is 22.3 Å². The number of rotatable bonds is 6. The lowest BCUT2D eigenvalue weighted by molar-refractivity contribution is -0.116. The molecule has 2 aromatic rings. The number of carbonyl (C=O) groups excluding carboxylic acids is 2. The Balaban J connectivity index is 1.83. The van der Waals surface area contributed by atoms with Crippen molar-refractivity contribution in [2.24, 2.45) is 0 Å². The first kappa shape index (κ1) is 17.8. The summed E-state index contributed by atoms with van der Waals surface area (Å²) in [6.45, 7) is 2.12. The van der Waals surface area contributed by atoms with Crippen LogP contribution in [0.5, 0.6) is 5.75 Å². The molecular weight excluding hydrogens is 328 g/mol. The zero-order valence-corrected chi connectivity index (χ0v) is 14.3. The number of aryl methyl sites for hydroxylation is 1. The number of amides is 2. The molecule has 0 unspecified atom stereocenters. The predicted molar refractivity (Wildman–Crippen MR) is 94.8 cm³/mol. The van der Waals surface area contributed by atoms with E-state index in [2.05, 4.69) is 10.6 Å². The zero-order chi connectivity index (χ0) is 17.5. The van der Waals surface area contributed by atoms with Crippen LogP contribution in [0.4, 0.5) is 5.69 Å². The fraction of sp³-hybridized carbons (Fsp3) is 0.222. The van der Waals surface area contributed by atoms with Gasteiger partial charge in [-0.15, -0.1) is 0 Å². The van der Waals surface area contributed by atoms with Crippen LogP contribution in [0.15, 0.2) is 42.5 Å². The van der Waals surface area contributed by atoms with Crippen molar-refractivity contribution in [3.63, 3.8) is 0 Å². The van der Waals surface area contributed by atoms with Crippen LogP contribution >= 0.6 is 11.6 Å². The second kappa shape index (κ2) is 8.36.